The van der Waals surface area contributed by atoms with Gasteiger partial charge in [-0.3, -0.25) is 0 Å². The molecule has 0 heterocycles. The van der Waals surface area contributed by atoms with Crippen LogP contribution in [-0.4, -0.2) is 38.1 Å². The molecule has 0 rings (SSSR count). The predicted octanol–water partition coefficient (Wildman–Crippen LogP) is 4.40. The summed E-state index contributed by atoms with van der Waals surface area (Å²) in [7, 11) is 0. The first-order valence-corrected chi connectivity index (χ1v) is 8.22. The molecule has 0 N–H and O–H groups in total. The van der Waals surface area contributed by atoms with Gasteiger partial charge in [0.15, 0.2) is 0 Å². The van der Waals surface area contributed by atoms with E-state index in [0.717, 1.165) is 65.0 Å². The van der Waals surface area contributed by atoms with E-state index < -0.39 is 0 Å². The van der Waals surface area contributed by atoms with Gasteiger partial charge >= 0.3 is 0 Å². The first-order chi connectivity index (χ1) is 9.60. The highest BCUT2D eigenvalue weighted by atomic mass is 16.5. The maximum atomic E-state index is 6.02. The van der Waals surface area contributed by atoms with Crippen molar-refractivity contribution in [3.05, 3.63) is 6.92 Å². The molecular weight excluding hydrogens is 252 g/mol. The molecule has 0 saturated carbocycles. The Hall–Kier alpha value is -0.120. The summed E-state index contributed by atoms with van der Waals surface area (Å²) >= 11 is 0. The van der Waals surface area contributed by atoms with Crippen LogP contribution in [0.25, 0.3) is 0 Å². The molecular formula is C17H35O3. The molecule has 1 radical (unpaired) electrons. The lowest BCUT2D eigenvalue weighted by molar-refractivity contribution is -0.0614. The van der Waals surface area contributed by atoms with Crippen molar-refractivity contribution in [2.45, 2.75) is 77.9 Å². The van der Waals surface area contributed by atoms with Crippen molar-refractivity contribution in [1.29, 1.82) is 0 Å². The Labute approximate surface area is 126 Å². The lowest BCUT2D eigenvalue weighted by Gasteiger charge is -2.33. The average molecular weight is 287 g/mol. The van der Waals surface area contributed by atoms with Crippen LogP contribution in [0.4, 0.5) is 0 Å². The van der Waals surface area contributed by atoms with Gasteiger partial charge in [-0.1, -0.05) is 13.8 Å². The Kier molecular flexibility index (Phi) is 12.5. The zero-order valence-corrected chi connectivity index (χ0v) is 14.1. The molecule has 0 aromatic carbocycles. The molecule has 121 valence electrons. The van der Waals surface area contributed by atoms with Crippen LogP contribution in [0.1, 0.15) is 66.2 Å². The van der Waals surface area contributed by atoms with Gasteiger partial charge in [-0.2, -0.15) is 0 Å². The highest BCUT2D eigenvalue weighted by Gasteiger charge is 2.27. The molecule has 0 fully saturated rings. The Bertz CT molecular complexity index is 206. The fraction of sp³-hybridized carbons (Fsp3) is 0.941. The fourth-order valence-corrected chi connectivity index (χ4v) is 2.35. The first-order valence-electron chi connectivity index (χ1n) is 8.22. The third-order valence-electron chi connectivity index (χ3n) is 3.40. The molecule has 0 aromatic rings. The summed E-state index contributed by atoms with van der Waals surface area (Å²) in [5, 5.41) is 0. The first kappa shape index (κ1) is 19.9. The van der Waals surface area contributed by atoms with Gasteiger partial charge in [0.1, 0.15) is 0 Å². The largest absolute Gasteiger partial charge is 0.381 e. The summed E-state index contributed by atoms with van der Waals surface area (Å²) in [6.07, 6.45) is 6.32. The topological polar surface area (TPSA) is 27.7 Å². The van der Waals surface area contributed by atoms with Crippen molar-refractivity contribution in [1.82, 2.24) is 0 Å². The summed E-state index contributed by atoms with van der Waals surface area (Å²) in [5.41, 5.74) is -0.0926. The smallest absolute Gasteiger partial charge is 0.0684 e. The van der Waals surface area contributed by atoms with E-state index >= 15 is 0 Å². The van der Waals surface area contributed by atoms with Gasteiger partial charge in [0, 0.05) is 26.4 Å². The van der Waals surface area contributed by atoms with Gasteiger partial charge in [0.25, 0.3) is 0 Å². The molecule has 0 aliphatic carbocycles. The third kappa shape index (κ3) is 9.73. The second-order valence-electron chi connectivity index (χ2n) is 5.61. The summed E-state index contributed by atoms with van der Waals surface area (Å²) < 4.78 is 17.2. The second kappa shape index (κ2) is 12.6. The average Bonchev–Trinajstić information content (AvgIpc) is 2.43. The molecule has 0 aromatic heterocycles. The van der Waals surface area contributed by atoms with Gasteiger partial charge in [0.05, 0.1) is 11.7 Å². The monoisotopic (exact) mass is 287 g/mol. The lowest BCUT2D eigenvalue weighted by atomic mass is 9.89. The Morgan fingerprint density at radius 1 is 1.00 bits per heavy atom. The van der Waals surface area contributed by atoms with Gasteiger partial charge in [-0.15, -0.1) is 0 Å². The second-order valence-corrected chi connectivity index (χ2v) is 5.61. The molecule has 0 saturated heterocycles. The number of rotatable bonds is 14. The van der Waals surface area contributed by atoms with Gasteiger partial charge in [-0.25, -0.2) is 0 Å². The van der Waals surface area contributed by atoms with Crippen LogP contribution in [0.3, 0.4) is 0 Å². The quantitative estimate of drug-likeness (QED) is 0.443. The minimum absolute atomic E-state index is 0.0926. The fourth-order valence-electron chi connectivity index (χ4n) is 2.35. The molecule has 1 atom stereocenters. The molecule has 3 nitrogen and oxygen atoms in total. The van der Waals surface area contributed by atoms with Crippen LogP contribution < -0.4 is 0 Å². The van der Waals surface area contributed by atoms with Crippen LogP contribution in [0.5, 0.6) is 0 Å². The van der Waals surface area contributed by atoms with Crippen LogP contribution in [0.15, 0.2) is 0 Å². The van der Waals surface area contributed by atoms with Crippen molar-refractivity contribution in [2.24, 2.45) is 0 Å². The summed E-state index contributed by atoms with van der Waals surface area (Å²) in [6, 6.07) is 0. The molecule has 3 heteroatoms. The highest BCUT2D eigenvalue weighted by Crippen LogP contribution is 2.28. The van der Waals surface area contributed by atoms with E-state index in [2.05, 4.69) is 34.6 Å². The van der Waals surface area contributed by atoms with Crippen LogP contribution in [-0.2, 0) is 14.2 Å². The van der Waals surface area contributed by atoms with Crippen molar-refractivity contribution in [2.75, 3.05) is 26.4 Å². The highest BCUT2D eigenvalue weighted by molar-refractivity contribution is 4.82. The minimum Gasteiger partial charge on any atom is -0.381 e. The Morgan fingerprint density at radius 2 is 1.65 bits per heavy atom. The van der Waals surface area contributed by atoms with E-state index in [1.807, 2.05) is 0 Å². The molecule has 0 amide bonds. The standard InChI is InChI=1S/C17H35O3/c1-6-13-18-14-9-11-17(7-2,20-8-3)12-10-15-19-16(4)5/h16H,2,6-15H2,1,3-5H3. The number of hydrogen-bond acceptors (Lipinski definition) is 3. The normalized spacial score (nSPS) is 14.7. The predicted molar refractivity (Wildman–Crippen MR) is 85.0 cm³/mol. The number of ether oxygens (including phenoxy) is 3. The van der Waals surface area contributed by atoms with Crippen molar-refractivity contribution in [3.8, 4) is 0 Å². The maximum Gasteiger partial charge on any atom is 0.0684 e. The summed E-state index contributed by atoms with van der Waals surface area (Å²) in [6.45, 7) is 15.7. The van der Waals surface area contributed by atoms with Crippen LogP contribution in [0.2, 0.25) is 0 Å². The van der Waals surface area contributed by atoms with E-state index in [9.17, 15) is 0 Å². The van der Waals surface area contributed by atoms with Crippen LogP contribution >= 0.6 is 0 Å². The summed E-state index contributed by atoms with van der Waals surface area (Å²) in [4.78, 5) is 0. The molecule has 20 heavy (non-hydrogen) atoms. The van der Waals surface area contributed by atoms with Crippen molar-refractivity contribution in [3.63, 3.8) is 0 Å². The van der Waals surface area contributed by atoms with Gasteiger partial charge in [0.2, 0.25) is 0 Å². The Morgan fingerprint density at radius 3 is 2.15 bits per heavy atom. The van der Waals surface area contributed by atoms with E-state index in [-0.39, 0.29) is 5.60 Å². The SMILES string of the molecule is [CH2]CC(CCCOCCC)(CCCOC(C)C)OCC. The molecule has 0 aliphatic heterocycles. The lowest BCUT2D eigenvalue weighted by Crippen LogP contribution is -2.33. The zero-order valence-electron chi connectivity index (χ0n) is 14.1. The van der Waals surface area contributed by atoms with E-state index in [1.54, 1.807) is 0 Å². The van der Waals surface area contributed by atoms with Crippen molar-refractivity contribution < 1.29 is 14.2 Å². The van der Waals surface area contributed by atoms with Gasteiger partial charge in [-0.05, 0) is 59.3 Å². The van der Waals surface area contributed by atoms with Gasteiger partial charge < -0.3 is 14.2 Å². The third-order valence-corrected chi connectivity index (χ3v) is 3.40. The van der Waals surface area contributed by atoms with Crippen LogP contribution in [0, 0.1) is 6.92 Å². The minimum atomic E-state index is -0.0926. The molecule has 0 aliphatic rings. The van der Waals surface area contributed by atoms with E-state index in [0.29, 0.717) is 6.10 Å². The van der Waals surface area contributed by atoms with Crippen molar-refractivity contribution >= 4 is 0 Å². The summed E-state index contributed by atoms with van der Waals surface area (Å²) in [5.74, 6) is 0. The molecule has 0 bridgehead atoms. The number of hydrogen-bond donors (Lipinski definition) is 0. The van der Waals surface area contributed by atoms with E-state index in [1.165, 1.54) is 0 Å². The maximum absolute atomic E-state index is 6.02. The zero-order chi connectivity index (χ0) is 15.3. The molecule has 0 spiro atoms. The molecule has 1 unspecified atom stereocenters. The van der Waals surface area contributed by atoms with E-state index in [4.69, 9.17) is 14.2 Å². The Balaban J connectivity index is 4.06.